The highest BCUT2D eigenvalue weighted by Gasteiger charge is 2.10. The molecule has 2 nitrogen and oxygen atoms in total. The van der Waals surface area contributed by atoms with E-state index in [-0.39, 0.29) is 5.82 Å². The van der Waals surface area contributed by atoms with Gasteiger partial charge >= 0.3 is 0 Å². The fourth-order valence-corrected chi connectivity index (χ4v) is 2.68. The summed E-state index contributed by atoms with van der Waals surface area (Å²) in [4.78, 5) is 4.21. The Morgan fingerprint density at radius 1 is 1.00 bits per heavy atom. The maximum Gasteiger partial charge on any atom is 0.159 e. The fourth-order valence-electron chi connectivity index (χ4n) is 2.21. The van der Waals surface area contributed by atoms with Crippen molar-refractivity contribution in [1.82, 2.24) is 9.55 Å². The minimum atomic E-state index is -0.896. The van der Waals surface area contributed by atoms with Crippen molar-refractivity contribution in [2.75, 3.05) is 0 Å². The van der Waals surface area contributed by atoms with Crippen LogP contribution in [0.1, 0.15) is 5.56 Å². The molecule has 112 valence electrons. The second-order valence-corrected chi connectivity index (χ2v) is 5.70. The maximum atomic E-state index is 13.5. The van der Waals surface area contributed by atoms with Crippen LogP contribution in [-0.4, -0.2) is 9.55 Å². The van der Waals surface area contributed by atoms with Gasteiger partial charge in [-0.15, -0.1) is 0 Å². The highest BCUT2D eigenvalue weighted by atomic mass is 79.9. The van der Waals surface area contributed by atoms with Gasteiger partial charge in [-0.05, 0) is 35.9 Å². The predicted molar refractivity (Wildman–Crippen MR) is 80.8 cm³/mol. The van der Waals surface area contributed by atoms with Crippen molar-refractivity contribution in [3.63, 3.8) is 0 Å². The Morgan fingerprint density at radius 2 is 1.82 bits per heavy atom. The summed E-state index contributed by atoms with van der Waals surface area (Å²) < 4.78 is 42.1. The number of hydrogen-bond acceptors (Lipinski definition) is 1. The molecule has 0 aliphatic carbocycles. The van der Waals surface area contributed by atoms with E-state index in [4.69, 9.17) is 0 Å². The molecule has 2 aromatic carbocycles. The molecule has 0 spiro atoms. The molecule has 0 saturated carbocycles. The lowest BCUT2D eigenvalue weighted by atomic mass is 10.2. The molecule has 0 aliphatic heterocycles. The second kappa shape index (κ2) is 5.96. The largest absolute Gasteiger partial charge is 0.327 e. The zero-order valence-electron chi connectivity index (χ0n) is 11.2. The summed E-state index contributed by atoms with van der Waals surface area (Å²) in [5.41, 5.74) is 1.19. The van der Waals surface area contributed by atoms with Crippen LogP contribution in [0.3, 0.4) is 0 Å². The summed E-state index contributed by atoms with van der Waals surface area (Å²) in [5.74, 6) is -1.62. The van der Waals surface area contributed by atoms with Crippen LogP contribution >= 0.6 is 15.9 Å². The van der Waals surface area contributed by atoms with Gasteiger partial charge in [-0.25, -0.2) is 18.2 Å². The van der Waals surface area contributed by atoms with Crippen molar-refractivity contribution in [2.24, 2.45) is 0 Å². The molecule has 22 heavy (non-hydrogen) atoms. The third kappa shape index (κ3) is 3.06. The number of aromatic nitrogens is 2. The molecule has 3 aromatic rings. The van der Waals surface area contributed by atoms with E-state index in [0.29, 0.717) is 28.0 Å². The van der Waals surface area contributed by atoms with Crippen molar-refractivity contribution in [2.45, 2.75) is 6.54 Å². The van der Waals surface area contributed by atoms with Gasteiger partial charge in [0.2, 0.25) is 0 Å². The molecule has 0 bridgehead atoms. The number of benzene rings is 2. The van der Waals surface area contributed by atoms with Gasteiger partial charge in [0.15, 0.2) is 11.6 Å². The summed E-state index contributed by atoms with van der Waals surface area (Å²) in [6, 6.07) is 8.19. The van der Waals surface area contributed by atoms with Crippen LogP contribution in [0.25, 0.3) is 11.4 Å². The van der Waals surface area contributed by atoms with Gasteiger partial charge in [0.1, 0.15) is 11.6 Å². The van der Waals surface area contributed by atoms with Crippen LogP contribution in [0.5, 0.6) is 0 Å². The number of halogens is 4. The minimum Gasteiger partial charge on any atom is -0.327 e. The summed E-state index contributed by atoms with van der Waals surface area (Å²) in [6.45, 7) is 0.306. The van der Waals surface area contributed by atoms with E-state index in [1.165, 1.54) is 18.2 Å². The van der Waals surface area contributed by atoms with Gasteiger partial charge in [0.25, 0.3) is 0 Å². The number of nitrogens with zero attached hydrogens (tertiary/aromatic N) is 2. The van der Waals surface area contributed by atoms with Gasteiger partial charge in [-0.3, -0.25) is 0 Å². The van der Waals surface area contributed by atoms with Crippen LogP contribution in [0.15, 0.2) is 53.3 Å². The van der Waals surface area contributed by atoms with Gasteiger partial charge in [0, 0.05) is 29.0 Å². The van der Waals surface area contributed by atoms with Gasteiger partial charge in [-0.1, -0.05) is 22.0 Å². The second-order valence-electron chi connectivity index (χ2n) is 4.79. The Hall–Kier alpha value is -2.08. The molecule has 0 N–H and O–H groups in total. The molecule has 0 saturated heterocycles. The maximum absolute atomic E-state index is 13.5. The highest BCUT2D eigenvalue weighted by molar-refractivity contribution is 9.10. The topological polar surface area (TPSA) is 17.8 Å². The lowest BCUT2D eigenvalue weighted by Gasteiger charge is -2.09. The highest BCUT2D eigenvalue weighted by Crippen LogP contribution is 2.24. The third-order valence-electron chi connectivity index (χ3n) is 3.17. The molecular formula is C16H10BrF3N2. The van der Waals surface area contributed by atoms with Crippen molar-refractivity contribution >= 4 is 15.9 Å². The number of imidazole rings is 1. The van der Waals surface area contributed by atoms with E-state index in [0.717, 1.165) is 12.1 Å². The normalized spacial score (nSPS) is 10.9. The Bertz CT molecular complexity index is 810. The molecule has 0 unspecified atom stereocenters. The molecular weight excluding hydrogens is 357 g/mol. The summed E-state index contributed by atoms with van der Waals surface area (Å²) in [5, 5.41) is 0. The summed E-state index contributed by atoms with van der Waals surface area (Å²) >= 11 is 3.24. The van der Waals surface area contributed by atoms with E-state index >= 15 is 0 Å². The molecule has 0 fully saturated rings. The van der Waals surface area contributed by atoms with E-state index in [9.17, 15) is 13.2 Å². The van der Waals surface area contributed by atoms with Crippen LogP contribution in [0, 0.1) is 17.5 Å². The molecule has 3 rings (SSSR count). The van der Waals surface area contributed by atoms with Crippen LogP contribution in [0.2, 0.25) is 0 Å². The first-order valence-electron chi connectivity index (χ1n) is 6.44. The monoisotopic (exact) mass is 366 g/mol. The van der Waals surface area contributed by atoms with E-state index in [1.807, 2.05) is 0 Å². The molecule has 1 aromatic heterocycles. The SMILES string of the molecule is Fc1cc(Br)cc(-c2nccn2Cc2ccc(F)c(F)c2)c1. The Kier molecular flexibility index (Phi) is 4.02. The number of hydrogen-bond donors (Lipinski definition) is 0. The van der Waals surface area contributed by atoms with Crippen molar-refractivity contribution in [3.05, 3.63) is 76.3 Å². The van der Waals surface area contributed by atoms with Crippen molar-refractivity contribution < 1.29 is 13.2 Å². The van der Waals surface area contributed by atoms with Crippen LogP contribution in [0.4, 0.5) is 13.2 Å². The quantitative estimate of drug-likeness (QED) is 0.652. The summed E-state index contributed by atoms with van der Waals surface area (Å²) in [6.07, 6.45) is 3.28. The first-order valence-corrected chi connectivity index (χ1v) is 7.24. The Morgan fingerprint density at radius 3 is 2.55 bits per heavy atom. The van der Waals surface area contributed by atoms with Crippen LogP contribution in [-0.2, 0) is 6.54 Å². The van der Waals surface area contributed by atoms with Gasteiger partial charge in [0.05, 0.1) is 0 Å². The first-order chi connectivity index (χ1) is 10.5. The zero-order chi connectivity index (χ0) is 15.7. The lowest BCUT2D eigenvalue weighted by Crippen LogP contribution is -2.02. The van der Waals surface area contributed by atoms with E-state index in [1.54, 1.807) is 23.0 Å². The molecule has 1 heterocycles. The molecule has 6 heteroatoms. The van der Waals surface area contributed by atoms with Crippen LogP contribution < -0.4 is 0 Å². The van der Waals surface area contributed by atoms with Gasteiger partial charge < -0.3 is 4.57 Å². The fraction of sp³-hybridized carbons (Fsp3) is 0.0625. The average molecular weight is 367 g/mol. The molecule has 0 radical (unpaired) electrons. The zero-order valence-corrected chi connectivity index (χ0v) is 12.8. The number of rotatable bonds is 3. The van der Waals surface area contributed by atoms with Gasteiger partial charge in [-0.2, -0.15) is 0 Å². The standard InChI is InChI=1S/C16H10BrF3N2/c17-12-6-11(7-13(18)8-12)16-21-3-4-22(16)9-10-1-2-14(19)15(20)5-10/h1-8H,9H2. The van der Waals surface area contributed by atoms with Crippen molar-refractivity contribution in [3.8, 4) is 11.4 Å². The lowest BCUT2D eigenvalue weighted by molar-refractivity contribution is 0.506. The molecule has 0 atom stereocenters. The van der Waals surface area contributed by atoms with E-state index < -0.39 is 11.6 Å². The Labute approximate surface area is 133 Å². The third-order valence-corrected chi connectivity index (χ3v) is 3.63. The molecule has 0 amide bonds. The van der Waals surface area contributed by atoms with E-state index in [2.05, 4.69) is 20.9 Å². The smallest absolute Gasteiger partial charge is 0.159 e. The predicted octanol–water partition coefficient (Wildman–Crippen LogP) is 4.78. The first kappa shape index (κ1) is 14.8. The summed E-state index contributed by atoms with van der Waals surface area (Å²) in [7, 11) is 0. The molecule has 0 aliphatic rings. The van der Waals surface area contributed by atoms with Crippen molar-refractivity contribution in [1.29, 1.82) is 0 Å². The Balaban J connectivity index is 1.96. The minimum absolute atomic E-state index is 0.306. The average Bonchev–Trinajstić information content (AvgIpc) is 2.90.